The third-order valence-corrected chi connectivity index (χ3v) is 4.59. The minimum absolute atomic E-state index is 0.451. The van der Waals surface area contributed by atoms with Crippen molar-refractivity contribution in [2.75, 3.05) is 6.54 Å². The van der Waals surface area contributed by atoms with E-state index in [4.69, 9.17) is 9.73 Å². The first-order valence-corrected chi connectivity index (χ1v) is 9.73. The van der Waals surface area contributed by atoms with Gasteiger partial charge in [0.25, 0.3) is 0 Å². The first kappa shape index (κ1) is 19.2. The minimum atomic E-state index is 0.451. The summed E-state index contributed by atoms with van der Waals surface area (Å²) in [6.45, 7) is 4.80. The van der Waals surface area contributed by atoms with E-state index in [1.54, 1.807) is 0 Å². The molecule has 2 aromatic carbocycles. The number of ether oxygens (including phenoxy) is 1. The summed E-state index contributed by atoms with van der Waals surface area (Å²) in [7, 11) is 0. The Morgan fingerprint density at radius 1 is 0.963 bits per heavy atom. The van der Waals surface area contributed by atoms with Crippen LogP contribution in [0, 0.1) is 0 Å². The number of aliphatic imine (C=N–C) groups is 1. The van der Waals surface area contributed by atoms with E-state index >= 15 is 0 Å². The fourth-order valence-electron chi connectivity index (χ4n) is 3.12. The highest BCUT2D eigenvalue weighted by molar-refractivity contribution is 5.80. The SMILES string of the molecule is CCNC(=NCc1ccccc1COCc1ccccc1)NC1CC=CC1. The molecule has 1 aliphatic rings. The largest absolute Gasteiger partial charge is 0.372 e. The Balaban J connectivity index is 1.58. The zero-order valence-electron chi connectivity index (χ0n) is 16.0. The molecule has 0 heterocycles. The van der Waals surface area contributed by atoms with Crippen LogP contribution in [0.3, 0.4) is 0 Å². The Hall–Kier alpha value is -2.59. The minimum Gasteiger partial charge on any atom is -0.372 e. The molecule has 142 valence electrons. The maximum absolute atomic E-state index is 5.92. The monoisotopic (exact) mass is 363 g/mol. The molecule has 0 amide bonds. The second kappa shape index (κ2) is 10.5. The Labute approximate surface area is 162 Å². The quantitative estimate of drug-likeness (QED) is 0.420. The van der Waals surface area contributed by atoms with E-state index in [-0.39, 0.29) is 0 Å². The highest BCUT2D eigenvalue weighted by Gasteiger charge is 2.11. The van der Waals surface area contributed by atoms with Crippen molar-refractivity contribution in [1.82, 2.24) is 10.6 Å². The van der Waals surface area contributed by atoms with Gasteiger partial charge < -0.3 is 15.4 Å². The van der Waals surface area contributed by atoms with Crippen LogP contribution in [0.5, 0.6) is 0 Å². The predicted molar refractivity (Wildman–Crippen MR) is 111 cm³/mol. The summed E-state index contributed by atoms with van der Waals surface area (Å²) in [5.74, 6) is 0.881. The number of rotatable bonds is 8. The van der Waals surface area contributed by atoms with Crippen LogP contribution in [0.1, 0.15) is 36.5 Å². The lowest BCUT2D eigenvalue weighted by Crippen LogP contribution is -2.42. The average molecular weight is 364 g/mol. The molecule has 0 fully saturated rings. The van der Waals surface area contributed by atoms with Crippen LogP contribution < -0.4 is 10.6 Å². The molecule has 0 aliphatic heterocycles. The van der Waals surface area contributed by atoms with Crippen LogP contribution in [0.2, 0.25) is 0 Å². The number of hydrogen-bond acceptors (Lipinski definition) is 2. The average Bonchev–Trinajstić information content (AvgIpc) is 3.21. The molecule has 4 nitrogen and oxygen atoms in total. The van der Waals surface area contributed by atoms with E-state index in [0.29, 0.717) is 25.8 Å². The van der Waals surface area contributed by atoms with Gasteiger partial charge in [-0.3, -0.25) is 0 Å². The second-order valence-electron chi connectivity index (χ2n) is 6.73. The lowest BCUT2D eigenvalue weighted by atomic mass is 10.1. The Bertz CT molecular complexity index is 747. The van der Waals surface area contributed by atoms with E-state index < -0.39 is 0 Å². The van der Waals surface area contributed by atoms with Crippen LogP contribution in [0.4, 0.5) is 0 Å². The van der Waals surface area contributed by atoms with Crippen LogP contribution >= 0.6 is 0 Å². The van der Waals surface area contributed by atoms with Crippen LogP contribution in [-0.2, 0) is 24.5 Å². The van der Waals surface area contributed by atoms with Gasteiger partial charge in [0.1, 0.15) is 0 Å². The highest BCUT2D eigenvalue weighted by atomic mass is 16.5. The first-order valence-electron chi connectivity index (χ1n) is 9.73. The van der Waals surface area contributed by atoms with Crippen molar-refractivity contribution >= 4 is 5.96 Å². The smallest absolute Gasteiger partial charge is 0.191 e. The zero-order valence-corrected chi connectivity index (χ0v) is 16.0. The van der Waals surface area contributed by atoms with Crippen molar-refractivity contribution in [3.05, 3.63) is 83.4 Å². The van der Waals surface area contributed by atoms with Gasteiger partial charge in [-0.05, 0) is 36.5 Å². The van der Waals surface area contributed by atoms with Gasteiger partial charge in [-0.15, -0.1) is 0 Å². The van der Waals surface area contributed by atoms with E-state index in [2.05, 4.69) is 66.1 Å². The standard InChI is InChI=1S/C23H29N3O/c1-2-24-23(26-22-14-8-9-15-22)25-16-20-12-6-7-13-21(20)18-27-17-19-10-4-3-5-11-19/h3-13,22H,2,14-18H2,1H3,(H2,24,25,26). The Morgan fingerprint density at radius 3 is 2.41 bits per heavy atom. The maximum Gasteiger partial charge on any atom is 0.191 e. The maximum atomic E-state index is 5.92. The Morgan fingerprint density at radius 2 is 1.67 bits per heavy atom. The molecule has 0 spiro atoms. The molecule has 1 aliphatic carbocycles. The third kappa shape index (κ3) is 6.26. The molecular weight excluding hydrogens is 334 g/mol. The molecule has 0 radical (unpaired) electrons. The van der Waals surface area contributed by atoms with Crippen molar-refractivity contribution in [3.63, 3.8) is 0 Å². The fourth-order valence-corrected chi connectivity index (χ4v) is 3.12. The van der Waals surface area contributed by atoms with Crippen LogP contribution in [0.15, 0.2) is 71.7 Å². The van der Waals surface area contributed by atoms with Crippen molar-refractivity contribution < 1.29 is 4.74 Å². The fraction of sp³-hybridized carbons (Fsp3) is 0.348. The summed E-state index contributed by atoms with van der Waals surface area (Å²) in [5.41, 5.74) is 3.58. The van der Waals surface area contributed by atoms with Gasteiger partial charge in [0, 0.05) is 12.6 Å². The lowest BCUT2D eigenvalue weighted by Gasteiger charge is -2.17. The van der Waals surface area contributed by atoms with Gasteiger partial charge in [-0.1, -0.05) is 66.7 Å². The normalized spacial score (nSPS) is 14.5. The van der Waals surface area contributed by atoms with Gasteiger partial charge >= 0.3 is 0 Å². The molecule has 27 heavy (non-hydrogen) atoms. The second-order valence-corrected chi connectivity index (χ2v) is 6.73. The summed E-state index contributed by atoms with van der Waals surface area (Å²) in [4.78, 5) is 4.79. The van der Waals surface area contributed by atoms with Crippen molar-refractivity contribution in [2.24, 2.45) is 4.99 Å². The van der Waals surface area contributed by atoms with Crippen LogP contribution in [0.25, 0.3) is 0 Å². The molecule has 3 rings (SSSR count). The summed E-state index contributed by atoms with van der Waals surface area (Å²) in [6.07, 6.45) is 6.57. The van der Waals surface area contributed by atoms with Crippen molar-refractivity contribution in [2.45, 2.75) is 45.6 Å². The van der Waals surface area contributed by atoms with E-state index in [1.165, 1.54) is 16.7 Å². The molecule has 0 atom stereocenters. The first-order chi connectivity index (χ1) is 13.3. The molecule has 4 heteroatoms. The van der Waals surface area contributed by atoms with Gasteiger partial charge in [-0.25, -0.2) is 4.99 Å². The molecule has 0 aromatic heterocycles. The number of benzene rings is 2. The summed E-state index contributed by atoms with van der Waals surface area (Å²) in [6, 6.07) is 19.1. The number of nitrogens with zero attached hydrogens (tertiary/aromatic N) is 1. The lowest BCUT2D eigenvalue weighted by molar-refractivity contribution is 0.106. The molecule has 0 bridgehead atoms. The topological polar surface area (TPSA) is 45.7 Å². The van der Waals surface area contributed by atoms with Gasteiger partial charge in [0.05, 0.1) is 19.8 Å². The number of hydrogen-bond donors (Lipinski definition) is 2. The summed E-state index contributed by atoms with van der Waals surface area (Å²) < 4.78 is 5.92. The zero-order chi connectivity index (χ0) is 18.7. The highest BCUT2D eigenvalue weighted by Crippen LogP contribution is 2.13. The molecule has 0 saturated heterocycles. The predicted octanol–water partition coefficient (Wildman–Crippen LogP) is 4.18. The molecule has 0 unspecified atom stereocenters. The summed E-state index contributed by atoms with van der Waals surface area (Å²) in [5, 5.41) is 6.86. The van der Waals surface area contributed by atoms with Gasteiger partial charge in [0.2, 0.25) is 0 Å². The summed E-state index contributed by atoms with van der Waals surface area (Å²) >= 11 is 0. The van der Waals surface area contributed by atoms with E-state index in [1.807, 2.05) is 18.2 Å². The van der Waals surface area contributed by atoms with Crippen molar-refractivity contribution in [1.29, 1.82) is 0 Å². The van der Waals surface area contributed by atoms with Gasteiger partial charge in [0.15, 0.2) is 5.96 Å². The van der Waals surface area contributed by atoms with E-state index in [9.17, 15) is 0 Å². The molecule has 0 saturated carbocycles. The molecule has 2 N–H and O–H groups in total. The van der Waals surface area contributed by atoms with Gasteiger partial charge in [-0.2, -0.15) is 0 Å². The molecular formula is C23H29N3O. The van der Waals surface area contributed by atoms with E-state index in [0.717, 1.165) is 25.3 Å². The third-order valence-electron chi connectivity index (χ3n) is 4.59. The number of nitrogens with one attached hydrogen (secondary N) is 2. The molecule has 2 aromatic rings. The van der Waals surface area contributed by atoms with Crippen LogP contribution in [-0.4, -0.2) is 18.5 Å². The number of guanidine groups is 1. The Kier molecular flexibility index (Phi) is 7.48. The van der Waals surface area contributed by atoms with Crippen molar-refractivity contribution in [3.8, 4) is 0 Å².